The number of rotatable bonds is 6. The van der Waals surface area contributed by atoms with E-state index in [0.717, 1.165) is 25.9 Å². The van der Waals surface area contributed by atoms with Crippen molar-refractivity contribution in [2.24, 2.45) is 0 Å². The second-order valence-electron chi connectivity index (χ2n) is 6.81. The number of fused-ring (bicyclic) bond motifs is 1. The maximum absolute atomic E-state index is 12.6. The van der Waals surface area contributed by atoms with Crippen molar-refractivity contribution in [3.8, 4) is 0 Å². The van der Waals surface area contributed by atoms with Crippen LogP contribution < -0.4 is 10.2 Å². The SMILES string of the molecule is CN(CCCNC(=O)[C@@H]1Cc2ccccc2CN1C)c1ccccc1. The first kappa shape index (κ1) is 17.5. The summed E-state index contributed by atoms with van der Waals surface area (Å²) in [4.78, 5) is 16.9. The fourth-order valence-corrected chi connectivity index (χ4v) is 3.40. The summed E-state index contributed by atoms with van der Waals surface area (Å²) in [6.07, 6.45) is 1.73. The molecule has 1 amide bonds. The molecule has 1 aliphatic rings. The van der Waals surface area contributed by atoms with Crippen LogP contribution in [-0.4, -0.2) is 44.0 Å². The number of nitrogens with zero attached hydrogens (tertiary/aromatic N) is 2. The smallest absolute Gasteiger partial charge is 0.237 e. The maximum Gasteiger partial charge on any atom is 0.237 e. The van der Waals surface area contributed by atoms with Crippen LogP contribution in [0.5, 0.6) is 0 Å². The summed E-state index contributed by atoms with van der Waals surface area (Å²) >= 11 is 0. The first-order valence-corrected chi connectivity index (χ1v) is 8.96. The zero-order valence-electron chi connectivity index (χ0n) is 15.1. The van der Waals surface area contributed by atoms with E-state index in [9.17, 15) is 4.79 Å². The Kier molecular flexibility index (Phi) is 5.71. The molecule has 4 heteroatoms. The van der Waals surface area contributed by atoms with Gasteiger partial charge in [0.25, 0.3) is 0 Å². The standard InChI is InChI=1S/C21H27N3O/c1-23(19-11-4-3-5-12-19)14-8-13-22-21(25)20-15-17-9-6-7-10-18(17)16-24(20)2/h3-7,9-12,20H,8,13-16H2,1-2H3,(H,22,25)/t20-/m0/s1. The van der Waals surface area contributed by atoms with Gasteiger partial charge < -0.3 is 10.2 Å². The van der Waals surface area contributed by atoms with E-state index >= 15 is 0 Å². The van der Waals surface area contributed by atoms with Crippen molar-refractivity contribution in [1.29, 1.82) is 0 Å². The molecule has 25 heavy (non-hydrogen) atoms. The van der Waals surface area contributed by atoms with Crippen molar-refractivity contribution in [2.45, 2.75) is 25.4 Å². The Morgan fingerprint density at radius 1 is 1.12 bits per heavy atom. The van der Waals surface area contributed by atoms with Gasteiger partial charge in [-0.15, -0.1) is 0 Å². The lowest BCUT2D eigenvalue weighted by atomic mass is 9.94. The topological polar surface area (TPSA) is 35.6 Å². The van der Waals surface area contributed by atoms with E-state index in [4.69, 9.17) is 0 Å². The van der Waals surface area contributed by atoms with E-state index in [1.807, 2.05) is 25.2 Å². The van der Waals surface area contributed by atoms with Gasteiger partial charge in [0.2, 0.25) is 5.91 Å². The monoisotopic (exact) mass is 337 g/mol. The third-order valence-electron chi connectivity index (χ3n) is 4.95. The number of amides is 1. The van der Waals surface area contributed by atoms with Crippen molar-refractivity contribution in [3.05, 3.63) is 65.7 Å². The molecule has 1 heterocycles. The number of likely N-dealkylation sites (N-methyl/N-ethyl adjacent to an activating group) is 1. The van der Waals surface area contributed by atoms with E-state index in [0.29, 0.717) is 6.54 Å². The van der Waals surface area contributed by atoms with Gasteiger partial charge in [-0.25, -0.2) is 0 Å². The average Bonchev–Trinajstić information content (AvgIpc) is 2.65. The van der Waals surface area contributed by atoms with Gasteiger partial charge in [-0.2, -0.15) is 0 Å². The van der Waals surface area contributed by atoms with E-state index in [2.05, 4.69) is 58.6 Å². The molecule has 0 saturated carbocycles. The van der Waals surface area contributed by atoms with Gasteiger partial charge in [0.05, 0.1) is 6.04 Å². The second kappa shape index (κ2) is 8.17. The van der Waals surface area contributed by atoms with Crippen molar-refractivity contribution >= 4 is 11.6 Å². The normalized spacial score (nSPS) is 17.0. The average molecular weight is 337 g/mol. The molecule has 4 nitrogen and oxygen atoms in total. The van der Waals surface area contributed by atoms with E-state index in [-0.39, 0.29) is 11.9 Å². The van der Waals surface area contributed by atoms with Crippen molar-refractivity contribution < 1.29 is 4.79 Å². The Labute approximate surface area is 150 Å². The number of carbonyl (C=O) groups is 1. The van der Waals surface area contributed by atoms with Crippen LogP contribution in [0.15, 0.2) is 54.6 Å². The van der Waals surface area contributed by atoms with Crippen LogP contribution in [0.25, 0.3) is 0 Å². The van der Waals surface area contributed by atoms with E-state index in [1.54, 1.807) is 0 Å². The second-order valence-corrected chi connectivity index (χ2v) is 6.81. The summed E-state index contributed by atoms with van der Waals surface area (Å²) in [6.45, 7) is 2.47. The first-order chi connectivity index (χ1) is 12.1. The molecule has 0 aromatic heterocycles. The minimum atomic E-state index is -0.0678. The highest BCUT2D eigenvalue weighted by Gasteiger charge is 2.28. The third-order valence-corrected chi connectivity index (χ3v) is 4.95. The van der Waals surface area contributed by atoms with Gasteiger partial charge in [0, 0.05) is 32.4 Å². The molecule has 0 unspecified atom stereocenters. The number of carbonyl (C=O) groups excluding carboxylic acids is 1. The Hall–Kier alpha value is -2.33. The molecule has 0 saturated heterocycles. The summed E-state index contributed by atoms with van der Waals surface area (Å²) in [5.41, 5.74) is 3.83. The van der Waals surface area contributed by atoms with Gasteiger partial charge in [-0.1, -0.05) is 42.5 Å². The zero-order chi connectivity index (χ0) is 17.6. The van der Waals surface area contributed by atoms with Crippen molar-refractivity contribution in [1.82, 2.24) is 10.2 Å². The van der Waals surface area contributed by atoms with Crippen LogP contribution >= 0.6 is 0 Å². The highest BCUT2D eigenvalue weighted by atomic mass is 16.2. The van der Waals surface area contributed by atoms with Gasteiger partial charge in [0.1, 0.15) is 0 Å². The Balaban J connectivity index is 1.45. The van der Waals surface area contributed by atoms with Gasteiger partial charge in [-0.05, 0) is 43.1 Å². The van der Waals surface area contributed by atoms with Crippen LogP contribution in [0.3, 0.4) is 0 Å². The molecular formula is C21H27N3O. The minimum absolute atomic E-state index is 0.0678. The Morgan fingerprint density at radius 3 is 2.56 bits per heavy atom. The van der Waals surface area contributed by atoms with Crippen LogP contribution in [0, 0.1) is 0 Å². The van der Waals surface area contributed by atoms with Crippen LogP contribution in [0.1, 0.15) is 17.5 Å². The van der Waals surface area contributed by atoms with Crippen molar-refractivity contribution in [2.75, 3.05) is 32.1 Å². The summed E-state index contributed by atoms with van der Waals surface area (Å²) in [6, 6.07) is 18.7. The lowest BCUT2D eigenvalue weighted by Crippen LogP contribution is -2.48. The molecule has 0 radical (unpaired) electrons. The highest BCUT2D eigenvalue weighted by molar-refractivity contribution is 5.82. The zero-order valence-corrected chi connectivity index (χ0v) is 15.1. The molecule has 3 rings (SSSR count). The van der Waals surface area contributed by atoms with Crippen LogP contribution in [-0.2, 0) is 17.8 Å². The quantitative estimate of drug-likeness (QED) is 0.823. The molecule has 1 N–H and O–H groups in total. The molecule has 0 aliphatic carbocycles. The summed E-state index contributed by atoms with van der Waals surface area (Å²) in [5.74, 6) is 0.138. The third kappa shape index (κ3) is 4.40. The number of hydrogen-bond donors (Lipinski definition) is 1. The molecule has 2 aromatic rings. The lowest BCUT2D eigenvalue weighted by molar-refractivity contribution is -0.126. The summed E-state index contributed by atoms with van der Waals surface area (Å²) < 4.78 is 0. The number of para-hydroxylation sites is 1. The fraction of sp³-hybridized carbons (Fsp3) is 0.381. The Bertz CT molecular complexity index is 701. The summed E-state index contributed by atoms with van der Waals surface area (Å²) in [7, 11) is 4.12. The minimum Gasteiger partial charge on any atom is -0.375 e. The molecule has 1 aliphatic heterocycles. The molecule has 132 valence electrons. The van der Waals surface area contributed by atoms with E-state index < -0.39 is 0 Å². The number of hydrogen-bond acceptors (Lipinski definition) is 3. The Morgan fingerprint density at radius 2 is 1.80 bits per heavy atom. The number of anilines is 1. The van der Waals surface area contributed by atoms with E-state index in [1.165, 1.54) is 16.8 Å². The van der Waals surface area contributed by atoms with Crippen LogP contribution in [0.2, 0.25) is 0 Å². The molecule has 1 atom stereocenters. The fourth-order valence-electron chi connectivity index (χ4n) is 3.40. The van der Waals surface area contributed by atoms with Gasteiger partial charge >= 0.3 is 0 Å². The van der Waals surface area contributed by atoms with Crippen molar-refractivity contribution in [3.63, 3.8) is 0 Å². The molecule has 0 bridgehead atoms. The van der Waals surface area contributed by atoms with Crippen LogP contribution in [0.4, 0.5) is 5.69 Å². The molecule has 0 fully saturated rings. The predicted octanol–water partition coefficient (Wildman–Crippen LogP) is 2.69. The molecule has 0 spiro atoms. The maximum atomic E-state index is 12.6. The first-order valence-electron chi connectivity index (χ1n) is 8.96. The largest absolute Gasteiger partial charge is 0.375 e. The van der Waals surface area contributed by atoms with Gasteiger partial charge in [0.15, 0.2) is 0 Å². The number of nitrogens with one attached hydrogen (secondary N) is 1. The molecular weight excluding hydrogens is 310 g/mol. The number of benzene rings is 2. The van der Waals surface area contributed by atoms with Gasteiger partial charge in [-0.3, -0.25) is 9.69 Å². The molecule has 2 aromatic carbocycles. The summed E-state index contributed by atoms with van der Waals surface area (Å²) in [5, 5.41) is 3.11. The predicted molar refractivity (Wildman–Crippen MR) is 103 cm³/mol. The highest BCUT2D eigenvalue weighted by Crippen LogP contribution is 2.21. The lowest BCUT2D eigenvalue weighted by Gasteiger charge is -2.33.